The van der Waals surface area contributed by atoms with Crippen molar-refractivity contribution in [2.24, 2.45) is 0 Å². The SMILES string of the molecule is O=C(c1cccnc1N1CCCCC1)N1CCc2cc(S(=O)(=O)N3CCCCC3)ccc21. The van der Waals surface area contributed by atoms with Gasteiger partial charge in [-0.15, -0.1) is 0 Å². The van der Waals surface area contributed by atoms with Gasteiger partial charge in [0.1, 0.15) is 5.82 Å². The number of carbonyl (C=O) groups is 1. The zero-order valence-corrected chi connectivity index (χ0v) is 19.2. The first-order chi connectivity index (χ1) is 15.6. The molecule has 1 aromatic heterocycles. The molecule has 0 aliphatic carbocycles. The number of hydrogen-bond acceptors (Lipinski definition) is 5. The lowest BCUT2D eigenvalue weighted by atomic mass is 10.1. The number of carbonyl (C=O) groups excluding carboxylic acids is 1. The van der Waals surface area contributed by atoms with Crippen LogP contribution in [0.2, 0.25) is 0 Å². The molecule has 32 heavy (non-hydrogen) atoms. The molecule has 3 aliphatic heterocycles. The second-order valence-corrected chi connectivity index (χ2v) is 10.8. The molecule has 0 atom stereocenters. The number of pyridine rings is 1. The van der Waals surface area contributed by atoms with Crippen molar-refractivity contribution in [3.05, 3.63) is 47.7 Å². The third kappa shape index (κ3) is 3.90. The fourth-order valence-corrected chi connectivity index (χ4v) is 6.64. The standard InChI is InChI=1S/C24H30N4O3S/c29-24(21-8-7-12-25-23(21)26-13-3-1-4-14-26)28-17-11-19-18-20(9-10-22(19)28)32(30,31)27-15-5-2-6-16-27/h7-10,12,18H,1-6,11,13-17H2. The van der Waals surface area contributed by atoms with Gasteiger partial charge in [0.05, 0.1) is 10.5 Å². The Labute approximate surface area is 190 Å². The van der Waals surface area contributed by atoms with Crippen LogP contribution in [-0.2, 0) is 16.4 Å². The normalized spacial score (nSPS) is 19.8. The number of aromatic nitrogens is 1. The van der Waals surface area contributed by atoms with Crippen molar-refractivity contribution < 1.29 is 13.2 Å². The highest BCUT2D eigenvalue weighted by molar-refractivity contribution is 7.89. The molecule has 0 radical (unpaired) electrons. The van der Waals surface area contributed by atoms with Crippen LogP contribution in [0.5, 0.6) is 0 Å². The van der Waals surface area contributed by atoms with E-state index in [1.54, 1.807) is 33.6 Å². The smallest absolute Gasteiger partial charge is 0.262 e. The summed E-state index contributed by atoms with van der Waals surface area (Å²) in [7, 11) is -3.48. The van der Waals surface area contributed by atoms with Crippen LogP contribution in [0.4, 0.5) is 11.5 Å². The lowest BCUT2D eigenvalue weighted by molar-refractivity contribution is 0.0989. The van der Waals surface area contributed by atoms with Crippen molar-refractivity contribution in [3.8, 4) is 0 Å². The lowest BCUT2D eigenvalue weighted by Gasteiger charge is -2.30. The number of fused-ring (bicyclic) bond motifs is 1. The summed E-state index contributed by atoms with van der Waals surface area (Å²) in [5.74, 6) is 0.694. The van der Waals surface area contributed by atoms with Crippen molar-refractivity contribution in [3.63, 3.8) is 0 Å². The van der Waals surface area contributed by atoms with Crippen LogP contribution in [0.1, 0.15) is 54.4 Å². The number of anilines is 2. The minimum Gasteiger partial charge on any atom is -0.356 e. The van der Waals surface area contributed by atoms with Gasteiger partial charge in [-0.25, -0.2) is 13.4 Å². The Bertz CT molecular complexity index is 1110. The Balaban J connectivity index is 1.41. The zero-order chi connectivity index (χ0) is 22.1. The van der Waals surface area contributed by atoms with Crippen molar-refractivity contribution >= 4 is 27.4 Å². The number of hydrogen-bond donors (Lipinski definition) is 0. The van der Waals surface area contributed by atoms with Crippen molar-refractivity contribution in [2.75, 3.05) is 42.5 Å². The van der Waals surface area contributed by atoms with Crippen LogP contribution < -0.4 is 9.80 Å². The van der Waals surface area contributed by atoms with E-state index in [2.05, 4.69) is 9.88 Å². The van der Waals surface area contributed by atoms with Crippen molar-refractivity contribution in [1.82, 2.24) is 9.29 Å². The second kappa shape index (κ2) is 8.83. The second-order valence-electron chi connectivity index (χ2n) is 8.88. The number of benzene rings is 1. The molecule has 4 heterocycles. The molecule has 0 bridgehead atoms. The first-order valence-electron chi connectivity index (χ1n) is 11.7. The van der Waals surface area contributed by atoms with E-state index in [1.165, 1.54) is 6.42 Å². The number of sulfonamides is 1. The minimum absolute atomic E-state index is 0.0657. The molecule has 0 N–H and O–H groups in total. The highest BCUT2D eigenvalue weighted by Crippen LogP contribution is 2.34. The quantitative estimate of drug-likeness (QED) is 0.708. The fraction of sp³-hybridized carbons (Fsp3) is 0.500. The van der Waals surface area contributed by atoms with Crippen LogP contribution in [-0.4, -0.2) is 56.3 Å². The van der Waals surface area contributed by atoms with E-state index in [-0.39, 0.29) is 5.91 Å². The monoisotopic (exact) mass is 454 g/mol. The van der Waals surface area contributed by atoms with E-state index in [1.807, 2.05) is 12.1 Å². The van der Waals surface area contributed by atoms with E-state index in [0.29, 0.717) is 36.5 Å². The lowest BCUT2D eigenvalue weighted by Crippen LogP contribution is -2.35. The molecular weight excluding hydrogens is 424 g/mol. The fourth-order valence-electron chi connectivity index (χ4n) is 5.07. The maximum Gasteiger partial charge on any atom is 0.262 e. The van der Waals surface area contributed by atoms with Crippen molar-refractivity contribution in [2.45, 2.75) is 49.8 Å². The van der Waals surface area contributed by atoms with Crippen LogP contribution in [0.25, 0.3) is 0 Å². The first kappa shape index (κ1) is 21.4. The minimum atomic E-state index is -3.48. The molecule has 2 fully saturated rings. The maximum absolute atomic E-state index is 13.5. The van der Waals surface area contributed by atoms with Gasteiger partial charge in [0.2, 0.25) is 10.0 Å². The van der Waals surface area contributed by atoms with E-state index in [4.69, 9.17) is 0 Å². The number of amides is 1. The van der Waals surface area contributed by atoms with Crippen molar-refractivity contribution in [1.29, 1.82) is 0 Å². The van der Waals surface area contributed by atoms with E-state index >= 15 is 0 Å². The molecule has 1 aromatic carbocycles. The summed E-state index contributed by atoms with van der Waals surface area (Å²) in [6.07, 6.45) is 8.76. The van der Waals surface area contributed by atoms with Crippen LogP contribution >= 0.6 is 0 Å². The third-order valence-corrected chi connectivity index (χ3v) is 8.71. The Morgan fingerprint density at radius 3 is 2.34 bits per heavy atom. The van der Waals surface area contributed by atoms with Crippen LogP contribution in [0, 0.1) is 0 Å². The van der Waals surface area contributed by atoms with Gasteiger partial charge in [0.15, 0.2) is 0 Å². The van der Waals surface area contributed by atoms with E-state index in [0.717, 1.165) is 62.3 Å². The van der Waals surface area contributed by atoms with Gasteiger partial charge in [-0.1, -0.05) is 6.42 Å². The Hall–Kier alpha value is -2.45. The molecule has 5 rings (SSSR count). The van der Waals surface area contributed by atoms with Gasteiger partial charge in [-0.3, -0.25) is 4.79 Å². The molecule has 8 heteroatoms. The Morgan fingerprint density at radius 1 is 0.875 bits per heavy atom. The van der Waals surface area contributed by atoms with Gasteiger partial charge in [0, 0.05) is 44.6 Å². The Morgan fingerprint density at radius 2 is 1.59 bits per heavy atom. The summed E-state index contributed by atoms with van der Waals surface area (Å²) >= 11 is 0. The van der Waals surface area contributed by atoms with E-state index < -0.39 is 10.0 Å². The predicted octanol–water partition coefficient (Wildman–Crippen LogP) is 3.45. The number of rotatable bonds is 4. The summed E-state index contributed by atoms with van der Waals surface area (Å²) in [5.41, 5.74) is 2.34. The zero-order valence-electron chi connectivity index (χ0n) is 18.4. The largest absolute Gasteiger partial charge is 0.356 e. The number of nitrogens with zero attached hydrogens (tertiary/aromatic N) is 4. The van der Waals surface area contributed by atoms with Gasteiger partial charge < -0.3 is 9.80 Å². The average Bonchev–Trinajstić information content (AvgIpc) is 3.28. The first-order valence-corrected chi connectivity index (χ1v) is 13.1. The summed E-state index contributed by atoms with van der Waals surface area (Å²) < 4.78 is 27.7. The maximum atomic E-state index is 13.5. The molecule has 170 valence electrons. The molecule has 3 aliphatic rings. The highest BCUT2D eigenvalue weighted by atomic mass is 32.2. The number of piperidine rings is 2. The molecule has 1 amide bonds. The summed E-state index contributed by atoms with van der Waals surface area (Å²) in [4.78, 5) is 22.4. The van der Waals surface area contributed by atoms with Gasteiger partial charge in [-0.05, 0) is 74.4 Å². The molecule has 0 unspecified atom stereocenters. The molecular formula is C24H30N4O3S. The van der Waals surface area contributed by atoms with Gasteiger partial charge in [-0.2, -0.15) is 4.31 Å². The molecule has 0 spiro atoms. The summed E-state index contributed by atoms with van der Waals surface area (Å²) in [5, 5.41) is 0. The van der Waals surface area contributed by atoms with Gasteiger partial charge in [0.25, 0.3) is 5.91 Å². The van der Waals surface area contributed by atoms with Gasteiger partial charge >= 0.3 is 0 Å². The van der Waals surface area contributed by atoms with Crippen LogP contribution in [0.15, 0.2) is 41.4 Å². The summed E-state index contributed by atoms with van der Waals surface area (Å²) in [6.45, 7) is 3.57. The topological polar surface area (TPSA) is 73.8 Å². The molecule has 0 saturated carbocycles. The Kier molecular flexibility index (Phi) is 5.90. The van der Waals surface area contributed by atoms with E-state index in [9.17, 15) is 13.2 Å². The molecule has 7 nitrogen and oxygen atoms in total. The average molecular weight is 455 g/mol. The van der Waals surface area contributed by atoms with Crippen LogP contribution in [0.3, 0.4) is 0 Å². The molecule has 2 aromatic rings. The summed E-state index contributed by atoms with van der Waals surface area (Å²) in [6, 6.07) is 8.89. The highest BCUT2D eigenvalue weighted by Gasteiger charge is 2.32. The third-order valence-electron chi connectivity index (χ3n) is 6.82. The predicted molar refractivity (Wildman–Crippen MR) is 125 cm³/mol. The molecule has 2 saturated heterocycles.